The molecule has 0 aliphatic heterocycles. The van der Waals surface area contributed by atoms with Gasteiger partial charge in [0.1, 0.15) is 5.65 Å². The maximum absolute atomic E-state index is 12.1. The van der Waals surface area contributed by atoms with E-state index in [1.807, 2.05) is 22.9 Å². The van der Waals surface area contributed by atoms with Crippen LogP contribution in [0.5, 0.6) is 0 Å². The summed E-state index contributed by atoms with van der Waals surface area (Å²) < 4.78 is 1.99. The van der Waals surface area contributed by atoms with E-state index in [4.69, 9.17) is 0 Å². The molecule has 0 unspecified atom stereocenters. The smallest absolute Gasteiger partial charge is 0.253 e. The number of aromatic nitrogens is 4. The molecule has 3 heterocycles. The Morgan fingerprint density at radius 1 is 1.40 bits per heavy atom. The minimum atomic E-state index is -0.0742. The third-order valence-electron chi connectivity index (χ3n) is 3.13. The van der Waals surface area contributed by atoms with E-state index in [2.05, 4.69) is 20.3 Å². The monoisotopic (exact) mass is 269 g/mol. The molecule has 0 spiro atoms. The molecule has 0 fully saturated rings. The lowest BCUT2D eigenvalue weighted by molar-refractivity contribution is 0.0954. The van der Waals surface area contributed by atoms with Crippen molar-refractivity contribution in [1.82, 2.24) is 24.8 Å². The van der Waals surface area contributed by atoms with Gasteiger partial charge >= 0.3 is 0 Å². The minimum absolute atomic E-state index is 0.0742. The second-order valence-electron chi connectivity index (χ2n) is 4.51. The summed E-state index contributed by atoms with van der Waals surface area (Å²) in [5, 5.41) is 3.77. The Labute approximate surface area is 115 Å². The third kappa shape index (κ3) is 2.54. The molecule has 3 rings (SSSR count). The molecule has 1 amide bonds. The average Bonchev–Trinajstić information content (AvgIpc) is 3.12. The molecule has 0 aliphatic rings. The van der Waals surface area contributed by atoms with E-state index in [1.165, 1.54) is 0 Å². The van der Waals surface area contributed by atoms with Crippen molar-refractivity contribution in [1.29, 1.82) is 0 Å². The van der Waals surface area contributed by atoms with E-state index in [0.29, 0.717) is 12.1 Å². The Morgan fingerprint density at radius 3 is 3.20 bits per heavy atom. The molecule has 0 radical (unpaired) electrons. The fourth-order valence-electron chi connectivity index (χ4n) is 2.12. The van der Waals surface area contributed by atoms with E-state index in [9.17, 15) is 4.79 Å². The SMILES string of the molecule is O=C(NCCCn1ccnc1)c1c[nH]c2ncccc12. The van der Waals surface area contributed by atoms with Crippen molar-refractivity contribution in [3.05, 3.63) is 48.8 Å². The summed E-state index contributed by atoms with van der Waals surface area (Å²) in [4.78, 5) is 23.2. The van der Waals surface area contributed by atoms with Crippen LogP contribution in [-0.2, 0) is 6.54 Å². The van der Waals surface area contributed by atoms with Crippen LogP contribution in [0.4, 0.5) is 0 Å². The first-order valence-corrected chi connectivity index (χ1v) is 6.50. The highest BCUT2D eigenvalue weighted by molar-refractivity contribution is 6.05. The molecule has 0 bridgehead atoms. The lowest BCUT2D eigenvalue weighted by Crippen LogP contribution is -2.25. The first-order valence-electron chi connectivity index (χ1n) is 6.50. The molecule has 0 saturated carbocycles. The number of aromatic amines is 1. The number of hydrogen-bond acceptors (Lipinski definition) is 3. The molecular weight excluding hydrogens is 254 g/mol. The summed E-state index contributed by atoms with van der Waals surface area (Å²) in [6.07, 6.45) is 9.69. The number of aryl methyl sites for hydroxylation is 1. The van der Waals surface area contributed by atoms with Gasteiger partial charge in [-0.25, -0.2) is 9.97 Å². The van der Waals surface area contributed by atoms with Crippen LogP contribution in [0.15, 0.2) is 43.2 Å². The highest BCUT2D eigenvalue weighted by atomic mass is 16.1. The standard InChI is InChI=1S/C14H15N5O/c20-14(17-5-2-7-19-8-6-15-10-19)12-9-18-13-11(12)3-1-4-16-13/h1,3-4,6,8-10H,2,5,7H2,(H,16,18)(H,17,20). The lowest BCUT2D eigenvalue weighted by Gasteiger charge is -2.05. The van der Waals surface area contributed by atoms with Crippen LogP contribution in [0, 0.1) is 0 Å². The first-order chi connectivity index (χ1) is 9.84. The predicted octanol–water partition coefficient (Wildman–Crippen LogP) is 1.58. The molecule has 6 heteroatoms. The fourth-order valence-corrected chi connectivity index (χ4v) is 2.12. The summed E-state index contributed by atoms with van der Waals surface area (Å²) >= 11 is 0. The molecule has 3 aromatic heterocycles. The number of nitrogens with one attached hydrogen (secondary N) is 2. The molecule has 0 atom stereocenters. The molecular formula is C14H15N5O. The zero-order chi connectivity index (χ0) is 13.8. The molecule has 20 heavy (non-hydrogen) atoms. The van der Waals surface area contributed by atoms with Gasteiger partial charge in [0.2, 0.25) is 0 Å². The second-order valence-corrected chi connectivity index (χ2v) is 4.51. The normalized spacial score (nSPS) is 10.8. The van der Waals surface area contributed by atoms with Crippen LogP contribution >= 0.6 is 0 Å². The van der Waals surface area contributed by atoms with Crippen molar-refractivity contribution < 1.29 is 4.79 Å². The van der Waals surface area contributed by atoms with Crippen molar-refractivity contribution in [2.24, 2.45) is 0 Å². The largest absolute Gasteiger partial charge is 0.352 e. The molecule has 102 valence electrons. The number of carbonyl (C=O) groups excluding carboxylic acids is 1. The fraction of sp³-hybridized carbons (Fsp3) is 0.214. The Morgan fingerprint density at radius 2 is 2.35 bits per heavy atom. The van der Waals surface area contributed by atoms with E-state index in [0.717, 1.165) is 24.0 Å². The van der Waals surface area contributed by atoms with Gasteiger partial charge in [-0.15, -0.1) is 0 Å². The maximum atomic E-state index is 12.1. The number of H-pyrrole nitrogens is 1. The van der Waals surface area contributed by atoms with Gasteiger partial charge in [0.25, 0.3) is 5.91 Å². The number of hydrogen-bond donors (Lipinski definition) is 2. The molecule has 0 aliphatic carbocycles. The van der Waals surface area contributed by atoms with Crippen LogP contribution in [-0.4, -0.2) is 32.0 Å². The highest BCUT2D eigenvalue weighted by Gasteiger charge is 2.11. The number of nitrogens with zero attached hydrogens (tertiary/aromatic N) is 3. The summed E-state index contributed by atoms with van der Waals surface area (Å²) in [6, 6.07) is 3.71. The summed E-state index contributed by atoms with van der Waals surface area (Å²) in [5.41, 5.74) is 1.37. The number of fused-ring (bicyclic) bond motifs is 1. The van der Waals surface area contributed by atoms with E-state index in [1.54, 1.807) is 24.9 Å². The van der Waals surface area contributed by atoms with E-state index in [-0.39, 0.29) is 5.91 Å². The van der Waals surface area contributed by atoms with Gasteiger partial charge in [-0.1, -0.05) is 0 Å². The average molecular weight is 269 g/mol. The highest BCUT2D eigenvalue weighted by Crippen LogP contribution is 2.15. The number of rotatable bonds is 5. The van der Waals surface area contributed by atoms with Gasteiger partial charge < -0.3 is 14.9 Å². The van der Waals surface area contributed by atoms with Crippen molar-refractivity contribution in [3.8, 4) is 0 Å². The van der Waals surface area contributed by atoms with Gasteiger partial charge in [-0.05, 0) is 18.6 Å². The number of amides is 1. The quantitative estimate of drug-likeness (QED) is 0.690. The van der Waals surface area contributed by atoms with Crippen molar-refractivity contribution in [2.75, 3.05) is 6.54 Å². The van der Waals surface area contributed by atoms with Gasteiger partial charge in [-0.2, -0.15) is 0 Å². The van der Waals surface area contributed by atoms with Crippen LogP contribution in [0.3, 0.4) is 0 Å². The van der Waals surface area contributed by atoms with Crippen molar-refractivity contribution in [2.45, 2.75) is 13.0 Å². The third-order valence-corrected chi connectivity index (χ3v) is 3.13. The molecule has 6 nitrogen and oxygen atoms in total. The van der Waals surface area contributed by atoms with Crippen LogP contribution in [0.25, 0.3) is 11.0 Å². The van der Waals surface area contributed by atoms with Crippen molar-refractivity contribution >= 4 is 16.9 Å². The number of imidazole rings is 1. The maximum Gasteiger partial charge on any atom is 0.253 e. The summed E-state index contributed by atoms with van der Waals surface area (Å²) in [6.45, 7) is 1.47. The Balaban J connectivity index is 1.56. The Bertz CT molecular complexity index is 701. The first kappa shape index (κ1) is 12.4. The molecule has 0 aromatic carbocycles. The summed E-state index contributed by atoms with van der Waals surface area (Å²) in [5.74, 6) is -0.0742. The summed E-state index contributed by atoms with van der Waals surface area (Å²) in [7, 11) is 0. The Hall–Kier alpha value is -2.63. The van der Waals surface area contributed by atoms with Crippen molar-refractivity contribution in [3.63, 3.8) is 0 Å². The zero-order valence-electron chi connectivity index (χ0n) is 10.9. The lowest BCUT2D eigenvalue weighted by atomic mass is 10.2. The molecule has 3 aromatic rings. The number of carbonyl (C=O) groups is 1. The van der Waals surface area contributed by atoms with Gasteiger partial charge in [-0.3, -0.25) is 4.79 Å². The van der Waals surface area contributed by atoms with Gasteiger partial charge in [0.15, 0.2) is 0 Å². The van der Waals surface area contributed by atoms with Gasteiger partial charge in [0.05, 0.1) is 11.9 Å². The zero-order valence-corrected chi connectivity index (χ0v) is 10.9. The molecule has 0 saturated heterocycles. The minimum Gasteiger partial charge on any atom is -0.352 e. The Kier molecular flexibility index (Phi) is 3.45. The number of pyridine rings is 1. The molecule has 2 N–H and O–H groups in total. The van der Waals surface area contributed by atoms with E-state index < -0.39 is 0 Å². The second kappa shape index (κ2) is 5.56. The van der Waals surface area contributed by atoms with Crippen LogP contribution in [0.2, 0.25) is 0 Å². The van der Waals surface area contributed by atoms with Crippen LogP contribution in [0.1, 0.15) is 16.8 Å². The van der Waals surface area contributed by atoms with E-state index >= 15 is 0 Å². The predicted molar refractivity (Wildman–Crippen MR) is 75.3 cm³/mol. The topological polar surface area (TPSA) is 75.6 Å². The van der Waals surface area contributed by atoms with Crippen LogP contribution < -0.4 is 5.32 Å². The van der Waals surface area contributed by atoms with Gasteiger partial charge in [0, 0.05) is 43.3 Å².